The molecule has 32 heavy (non-hydrogen) atoms. The van der Waals surface area contributed by atoms with Crippen LogP contribution in [0.25, 0.3) is 6.08 Å². The first-order valence-electron chi connectivity index (χ1n) is 9.81. The van der Waals surface area contributed by atoms with Gasteiger partial charge in [-0.2, -0.15) is 13.2 Å². The highest BCUT2D eigenvalue weighted by molar-refractivity contribution is 6.08. The molecular weight excluding hydrogens is 417 g/mol. The number of rotatable bonds is 6. The molecule has 1 N–H and O–H groups in total. The van der Waals surface area contributed by atoms with Crippen molar-refractivity contribution in [2.75, 3.05) is 11.9 Å². The lowest BCUT2D eigenvalue weighted by molar-refractivity contribution is -0.137. The molecule has 0 saturated carbocycles. The van der Waals surface area contributed by atoms with Crippen LogP contribution in [0.15, 0.2) is 91.0 Å². The molecule has 0 bridgehead atoms. The van der Waals surface area contributed by atoms with Gasteiger partial charge < -0.3 is 5.32 Å². The monoisotopic (exact) mass is 438 g/mol. The lowest BCUT2D eigenvalue weighted by atomic mass is 10.0. The summed E-state index contributed by atoms with van der Waals surface area (Å²) in [7, 11) is 1.41. The average molecular weight is 438 g/mol. The zero-order valence-corrected chi connectivity index (χ0v) is 17.2. The first-order chi connectivity index (χ1) is 15.3. The van der Waals surface area contributed by atoms with Crippen molar-refractivity contribution in [3.05, 3.63) is 108 Å². The summed E-state index contributed by atoms with van der Waals surface area (Å²) in [6.07, 6.45) is -1.55. The fraction of sp³-hybridized carbons (Fsp3) is 0.120. The third kappa shape index (κ3) is 5.43. The second kappa shape index (κ2) is 9.96. The van der Waals surface area contributed by atoms with Gasteiger partial charge in [0.1, 0.15) is 6.04 Å². The maximum absolute atomic E-state index is 13.3. The minimum Gasteiger partial charge on any atom is -0.357 e. The highest BCUT2D eigenvalue weighted by Gasteiger charge is 2.34. The van der Waals surface area contributed by atoms with Crippen molar-refractivity contribution >= 4 is 23.6 Å². The molecule has 0 aliphatic rings. The van der Waals surface area contributed by atoms with Crippen LogP contribution in [0.5, 0.6) is 0 Å². The quantitative estimate of drug-likeness (QED) is 0.535. The molecule has 1 atom stereocenters. The molecule has 0 saturated heterocycles. The van der Waals surface area contributed by atoms with E-state index < -0.39 is 29.6 Å². The van der Waals surface area contributed by atoms with Crippen LogP contribution in [-0.4, -0.2) is 18.9 Å². The van der Waals surface area contributed by atoms with Crippen molar-refractivity contribution in [1.82, 2.24) is 5.32 Å². The van der Waals surface area contributed by atoms with Gasteiger partial charge in [-0.15, -0.1) is 0 Å². The van der Waals surface area contributed by atoms with Crippen LogP contribution < -0.4 is 10.2 Å². The number of hydrogen-bond acceptors (Lipinski definition) is 2. The molecule has 2 amide bonds. The maximum atomic E-state index is 13.3. The molecule has 0 aromatic heterocycles. The standard InChI is InChI=1S/C25H21F3N2O2/c1-29-24(32)23(19-13-15-20(16-14-19)25(26,27)28)30(21-10-6-3-7-11-21)22(31)17-12-18-8-4-2-5-9-18/h2-17,23H,1H3,(H,29,32)/b17-12+. The summed E-state index contributed by atoms with van der Waals surface area (Å²) in [4.78, 5) is 27.4. The van der Waals surface area contributed by atoms with E-state index in [1.807, 2.05) is 30.3 Å². The van der Waals surface area contributed by atoms with E-state index in [4.69, 9.17) is 0 Å². The van der Waals surface area contributed by atoms with Gasteiger partial charge in [0, 0.05) is 18.8 Å². The number of amides is 2. The van der Waals surface area contributed by atoms with Gasteiger partial charge in [0.2, 0.25) is 5.91 Å². The number of likely N-dealkylation sites (N-methyl/N-ethyl adjacent to an activating group) is 1. The number of nitrogens with zero attached hydrogens (tertiary/aromatic N) is 1. The number of benzene rings is 3. The van der Waals surface area contributed by atoms with Gasteiger partial charge in [-0.3, -0.25) is 14.5 Å². The van der Waals surface area contributed by atoms with Gasteiger partial charge >= 0.3 is 6.18 Å². The minimum absolute atomic E-state index is 0.252. The number of alkyl halides is 3. The molecule has 3 aromatic rings. The molecule has 0 fully saturated rings. The van der Waals surface area contributed by atoms with E-state index in [0.717, 1.165) is 17.7 Å². The zero-order chi connectivity index (χ0) is 23.1. The Labute approximate surface area is 184 Å². The molecular formula is C25H21F3N2O2. The van der Waals surface area contributed by atoms with E-state index in [1.54, 1.807) is 36.4 Å². The predicted molar refractivity (Wildman–Crippen MR) is 118 cm³/mol. The molecule has 3 rings (SSSR count). The smallest absolute Gasteiger partial charge is 0.357 e. The Balaban J connectivity index is 2.05. The highest BCUT2D eigenvalue weighted by Crippen LogP contribution is 2.32. The average Bonchev–Trinajstić information content (AvgIpc) is 2.81. The fourth-order valence-corrected chi connectivity index (χ4v) is 3.21. The number of carbonyl (C=O) groups is 2. The normalized spacial score (nSPS) is 12.4. The molecule has 0 aliphatic carbocycles. The number of para-hydroxylation sites is 1. The molecule has 1 unspecified atom stereocenters. The topological polar surface area (TPSA) is 49.4 Å². The Morgan fingerprint density at radius 3 is 1.97 bits per heavy atom. The third-order valence-corrected chi connectivity index (χ3v) is 4.80. The van der Waals surface area contributed by atoms with Gasteiger partial charge in [-0.25, -0.2) is 0 Å². The van der Waals surface area contributed by atoms with E-state index >= 15 is 0 Å². The van der Waals surface area contributed by atoms with Gasteiger partial charge in [-0.1, -0.05) is 60.7 Å². The van der Waals surface area contributed by atoms with Gasteiger partial charge in [-0.05, 0) is 41.5 Å². The van der Waals surface area contributed by atoms with E-state index in [0.29, 0.717) is 5.69 Å². The lowest BCUT2D eigenvalue weighted by Crippen LogP contribution is -2.42. The molecule has 4 nitrogen and oxygen atoms in total. The summed E-state index contributed by atoms with van der Waals surface area (Å²) in [5, 5.41) is 2.51. The Hall–Kier alpha value is -3.87. The first-order valence-corrected chi connectivity index (χ1v) is 9.81. The highest BCUT2D eigenvalue weighted by atomic mass is 19.4. The summed E-state index contributed by atoms with van der Waals surface area (Å²) in [6, 6.07) is 20.7. The first kappa shape index (κ1) is 22.8. The number of halogens is 3. The summed E-state index contributed by atoms with van der Waals surface area (Å²) >= 11 is 0. The van der Waals surface area contributed by atoms with E-state index in [1.165, 1.54) is 30.2 Å². The Morgan fingerprint density at radius 2 is 1.44 bits per heavy atom. The Morgan fingerprint density at radius 1 is 0.875 bits per heavy atom. The van der Waals surface area contributed by atoms with Crippen LogP contribution in [0.1, 0.15) is 22.7 Å². The molecule has 0 aliphatic heterocycles. The van der Waals surface area contributed by atoms with Crippen molar-refractivity contribution in [3.63, 3.8) is 0 Å². The molecule has 0 heterocycles. The Bertz CT molecular complexity index is 1080. The van der Waals surface area contributed by atoms with Crippen molar-refractivity contribution in [2.45, 2.75) is 12.2 Å². The third-order valence-electron chi connectivity index (χ3n) is 4.80. The summed E-state index contributed by atoms with van der Waals surface area (Å²) < 4.78 is 39.0. The van der Waals surface area contributed by atoms with Crippen LogP contribution in [0.3, 0.4) is 0 Å². The minimum atomic E-state index is -4.51. The van der Waals surface area contributed by atoms with Crippen molar-refractivity contribution in [2.24, 2.45) is 0 Å². The van der Waals surface area contributed by atoms with Crippen molar-refractivity contribution in [3.8, 4) is 0 Å². The summed E-state index contributed by atoms with van der Waals surface area (Å²) in [5.74, 6) is -1.02. The van der Waals surface area contributed by atoms with Crippen molar-refractivity contribution in [1.29, 1.82) is 0 Å². The largest absolute Gasteiger partial charge is 0.416 e. The number of hydrogen-bond donors (Lipinski definition) is 1. The van der Waals surface area contributed by atoms with Crippen LogP contribution in [0.4, 0.5) is 18.9 Å². The van der Waals surface area contributed by atoms with Crippen LogP contribution >= 0.6 is 0 Å². The number of nitrogens with one attached hydrogen (secondary N) is 1. The molecule has 0 spiro atoms. The van der Waals surface area contributed by atoms with E-state index in [9.17, 15) is 22.8 Å². The molecule has 7 heteroatoms. The molecule has 3 aromatic carbocycles. The lowest BCUT2D eigenvalue weighted by Gasteiger charge is -2.30. The van der Waals surface area contributed by atoms with Crippen LogP contribution in [0, 0.1) is 0 Å². The second-order valence-corrected chi connectivity index (χ2v) is 6.92. The van der Waals surface area contributed by atoms with Gasteiger partial charge in [0.05, 0.1) is 5.56 Å². The van der Waals surface area contributed by atoms with E-state index in [-0.39, 0.29) is 5.56 Å². The van der Waals surface area contributed by atoms with Gasteiger partial charge in [0.15, 0.2) is 0 Å². The summed E-state index contributed by atoms with van der Waals surface area (Å²) in [5.41, 5.74) is 0.643. The second-order valence-electron chi connectivity index (χ2n) is 6.92. The van der Waals surface area contributed by atoms with Crippen LogP contribution in [0.2, 0.25) is 0 Å². The number of carbonyl (C=O) groups excluding carboxylic acids is 2. The SMILES string of the molecule is CNC(=O)C(c1ccc(C(F)(F)F)cc1)N(C(=O)/C=C/c1ccccc1)c1ccccc1. The fourth-order valence-electron chi connectivity index (χ4n) is 3.21. The van der Waals surface area contributed by atoms with Crippen molar-refractivity contribution < 1.29 is 22.8 Å². The molecule has 0 radical (unpaired) electrons. The summed E-state index contributed by atoms with van der Waals surface area (Å²) in [6.45, 7) is 0. The van der Waals surface area contributed by atoms with E-state index in [2.05, 4.69) is 5.32 Å². The van der Waals surface area contributed by atoms with Gasteiger partial charge in [0.25, 0.3) is 5.91 Å². The molecule has 164 valence electrons. The number of anilines is 1. The predicted octanol–water partition coefficient (Wildman–Crippen LogP) is 5.24. The zero-order valence-electron chi connectivity index (χ0n) is 17.2. The maximum Gasteiger partial charge on any atom is 0.416 e. The van der Waals surface area contributed by atoms with Crippen LogP contribution in [-0.2, 0) is 15.8 Å². The Kier molecular flexibility index (Phi) is 7.10.